The van der Waals surface area contributed by atoms with Gasteiger partial charge in [0.25, 0.3) is 0 Å². The fraction of sp³-hybridized carbons (Fsp3) is 0.600. The van der Waals surface area contributed by atoms with E-state index in [0.29, 0.717) is 0 Å². The predicted octanol–water partition coefficient (Wildman–Crippen LogP) is 4.01. The topological polar surface area (TPSA) is 20.2 Å². The lowest BCUT2D eigenvalue weighted by molar-refractivity contribution is 0.199. The van der Waals surface area contributed by atoms with Crippen LogP contribution in [0.25, 0.3) is 0 Å². The molecule has 0 radical (unpaired) electrons. The molecule has 0 heterocycles. The molecule has 1 aliphatic rings. The lowest BCUT2D eigenvalue weighted by atomic mass is 9.87. The van der Waals surface area contributed by atoms with Crippen molar-refractivity contribution in [1.29, 1.82) is 0 Å². The van der Waals surface area contributed by atoms with Gasteiger partial charge in [0.05, 0.1) is 6.10 Å². The second-order valence-electron chi connectivity index (χ2n) is 5.56. The molecule has 0 saturated carbocycles. The minimum atomic E-state index is -0.353. The van der Waals surface area contributed by atoms with Crippen LogP contribution < -0.4 is 0 Å². The van der Waals surface area contributed by atoms with Crippen LogP contribution in [-0.2, 0) is 0 Å². The minimum Gasteiger partial charge on any atom is -0.389 e. The predicted molar refractivity (Wildman–Crippen MR) is 70.3 cm³/mol. The number of aliphatic hydroxyl groups is 1. The van der Waals surface area contributed by atoms with Gasteiger partial charge in [0.1, 0.15) is 0 Å². The molecule has 1 atom stereocenters. The second kappa shape index (κ2) is 5.49. The van der Waals surface area contributed by atoms with Crippen LogP contribution in [0.3, 0.4) is 0 Å². The molecular formula is C15H24O. The molecule has 90 valence electrons. The van der Waals surface area contributed by atoms with Crippen molar-refractivity contribution in [3.63, 3.8) is 0 Å². The Morgan fingerprint density at radius 3 is 2.81 bits per heavy atom. The Balaban J connectivity index is 2.81. The zero-order valence-corrected chi connectivity index (χ0v) is 10.8. The molecule has 1 aliphatic carbocycles. The van der Waals surface area contributed by atoms with Crippen molar-refractivity contribution >= 4 is 0 Å². The van der Waals surface area contributed by atoms with Gasteiger partial charge in [-0.05, 0) is 43.6 Å². The van der Waals surface area contributed by atoms with Crippen molar-refractivity contribution < 1.29 is 5.11 Å². The Kier molecular flexibility index (Phi) is 4.55. The number of rotatable bonds is 0. The summed E-state index contributed by atoms with van der Waals surface area (Å²) >= 11 is 0. The van der Waals surface area contributed by atoms with Crippen molar-refractivity contribution in [2.75, 3.05) is 0 Å². The maximum atomic E-state index is 9.88. The molecule has 1 unspecified atom stereocenters. The van der Waals surface area contributed by atoms with Crippen molar-refractivity contribution in [3.8, 4) is 0 Å². The van der Waals surface area contributed by atoms with E-state index in [0.717, 1.165) is 31.3 Å². The van der Waals surface area contributed by atoms with Crippen LogP contribution >= 0.6 is 0 Å². The molecule has 16 heavy (non-hydrogen) atoms. The summed E-state index contributed by atoms with van der Waals surface area (Å²) in [5.41, 5.74) is 2.51. The van der Waals surface area contributed by atoms with Gasteiger partial charge >= 0.3 is 0 Å². The van der Waals surface area contributed by atoms with Gasteiger partial charge in [-0.2, -0.15) is 0 Å². The third-order valence-electron chi connectivity index (χ3n) is 3.21. The van der Waals surface area contributed by atoms with Gasteiger partial charge in [-0.25, -0.2) is 0 Å². The quantitative estimate of drug-likeness (QED) is 0.612. The van der Waals surface area contributed by atoms with E-state index in [2.05, 4.69) is 45.6 Å². The van der Waals surface area contributed by atoms with Crippen LogP contribution in [0.15, 0.2) is 36.0 Å². The van der Waals surface area contributed by atoms with Crippen molar-refractivity contribution in [1.82, 2.24) is 0 Å². The zero-order chi connectivity index (χ0) is 12.2. The van der Waals surface area contributed by atoms with Crippen LogP contribution in [0.5, 0.6) is 0 Å². The highest BCUT2D eigenvalue weighted by Crippen LogP contribution is 2.26. The van der Waals surface area contributed by atoms with Crippen molar-refractivity contribution in [3.05, 3.63) is 36.0 Å². The van der Waals surface area contributed by atoms with Gasteiger partial charge in [-0.1, -0.05) is 44.2 Å². The SMILES string of the molecule is C=C1C/C=C\C(C)(C)C/C=C(\C)CCC1O. The molecule has 0 aromatic carbocycles. The van der Waals surface area contributed by atoms with Gasteiger partial charge < -0.3 is 5.11 Å². The summed E-state index contributed by atoms with van der Waals surface area (Å²) in [5.74, 6) is 0. The summed E-state index contributed by atoms with van der Waals surface area (Å²) in [5, 5.41) is 9.88. The molecule has 1 nitrogen and oxygen atoms in total. The van der Waals surface area contributed by atoms with E-state index in [1.165, 1.54) is 5.57 Å². The van der Waals surface area contributed by atoms with E-state index < -0.39 is 0 Å². The van der Waals surface area contributed by atoms with Crippen LogP contribution in [-0.4, -0.2) is 11.2 Å². The lowest BCUT2D eigenvalue weighted by Crippen LogP contribution is -2.08. The summed E-state index contributed by atoms with van der Waals surface area (Å²) in [4.78, 5) is 0. The molecule has 0 fully saturated rings. The van der Waals surface area contributed by atoms with E-state index in [9.17, 15) is 5.11 Å². The number of allylic oxidation sites excluding steroid dienone is 4. The Hall–Kier alpha value is -0.820. The first-order chi connectivity index (χ1) is 7.41. The molecule has 0 aromatic heterocycles. The summed E-state index contributed by atoms with van der Waals surface area (Å²) in [7, 11) is 0. The fourth-order valence-corrected chi connectivity index (χ4v) is 1.84. The van der Waals surface area contributed by atoms with E-state index in [1.807, 2.05) is 0 Å². The van der Waals surface area contributed by atoms with Gasteiger partial charge in [0.2, 0.25) is 0 Å². The third kappa shape index (κ3) is 4.36. The van der Waals surface area contributed by atoms with Gasteiger partial charge in [0, 0.05) is 0 Å². The average Bonchev–Trinajstić information content (AvgIpc) is 2.23. The Labute approximate surface area is 99.6 Å². The lowest BCUT2D eigenvalue weighted by Gasteiger charge is -2.18. The van der Waals surface area contributed by atoms with Crippen molar-refractivity contribution in [2.24, 2.45) is 5.41 Å². The maximum Gasteiger partial charge on any atom is 0.0753 e. The molecule has 1 heteroatoms. The Bertz CT molecular complexity index is 307. The zero-order valence-electron chi connectivity index (χ0n) is 10.8. The molecule has 0 spiro atoms. The third-order valence-corrected chi connectivity index (χ3v) is 3.21. The highest BCUT2D eigenvalue weighted by atomic mass is 16.3. The molecule has 0 aromatic rings. The molecule has 0 aliphatic heterocycles. The molecule has 1 rings (SSSR count). The number of aliphatic hydroxyl groups excluding tert-OH is 1. The molecule has 0 amide bonds. The normalized spacial score (nSPS) is 32.4. The number of hydrogen-bond acceptors (Lipinski definition) is 1. The highest BCUT2D eigenvalue weighted by Gasteiger charge is 2.14. The van der Waals surface area contributed by atoms with Gasteiger partial charge in [-0.3, -0.25) is 0 Å². The fourth-order valence-electron chi connectivity index (χ4n) is 1.84. The van der Waals surface area contributed by atoms with E-state index in [4.69, 9.17) is 0 Å². The monoisotopic (exact) mass is 220 g/mol. The van der Waals surface area contributed by atoms with Crippen molar-refractivity contribution in [2.45, 2.75) is 52.6 Å². The highest BCUT2D eigenvalue weighted by molar-refractivity contribution is 5.13. The Morgan fingerprint density at radius 2 is 2.12 bits per heavy atom. The second-order valence-corrected chi connectivity index (χ2v) is 5.56. The molecule has 1 N–H and O–H groups in total. The Morgan fingerprint density at radius 1 is 1.44 bits per heavy atom. The first-order valence-corrected chi connectivity index (χ1v) is 6.10. The summed E-state index contributed by atoms with van der Waals surface area (Å²) in [6, 6.07) is 0. The van der Waals surface area contributed by atoms with E-state index in [-0.39, 0.29) is 11.5 Å². The number of hydrogen-bond donors (Lipinski definition) is 1. The molecule has 0 saturated heterocycles. The average molecular weight is 220 g/mol. The minimum absolute atomic E-state index is 0.205. The summed E-state index contributed by atoms with van der Waals surface area (Å²) < 4.78 is 0. The van der Waals surface area contributed by atoms with Crippen LogP contribution in [0.1, 0.15) is 46.5 Å². The first-order valence-electron chi connectivity index (χ1n) is 6.10. The summed E-state index contributed by atoms with van der Waals surface area (Å²) in [6.45, 7) is 10.6. The maximum absolute atomic E-state index is 9.88. The smallest absolute Gasteiger partial charge is 0.0753 e. The van der Waals surface area contributed by atoms with Crippen LogP contribution in [0, 0.1) is 5.41 Å². The van der Waals surface area contributed by atoms with Crippen LogP contribution in [0.4, 0.5) is 0 Å². The van der Waals surface area contributed by atoms with E-state index >= 15 is 0 Å². The molecule has 0 bridgehead atoms. The first kappa shape index (κ1) is 13.2. The van der Waals surface area contributed by atoms with Gasteiger partial charge in [-0.15, -0.1) is 0 Å². The standard InChI is InChI=1S/C15H24O/c1-12-7-8-14(16)13(2)6-5-10-15(3,4)11-9-12/h5,9-10,14,16H,2,6-8,11H2,1,3-4H3/b10-5-,12-9+. The van der Waals surface area contributed by atoms with Gasteiger partial charge in [0.15, 0.2) is 0 Å². The summed E-state index contributed by atoms with van der Waals surface area (Å²) in [6.07, 6.45) is 9.95. The molecular weight excluding hydrogens is 196 g/mol. The van der Waals surface area contributed by atoms with Crippen LogP contribution in [0.2, 0.25) is 0 Å². The largest absolute Gasteiger partial charge is 0.389 e. The van der Waals surface area contributed by atoms with E-state index in [1.54, 1.807) is 0 Å².